The molecule has 0 fully saturated rings. The molecule has 0 aliphatic carbocycles. The van der Waals surface area contributed by atoms with E-state index in [0.29, 0.717) is 0 Å². The minimum Gasteiger partial charge on any atom is -0.452 e. The van der Waals surface area contributed by atoms with Gasteiger partial charge in [-0.1, -0.05) is 0 Å². The first-order chi connectivity index (χ1) is 7.43. The van der Waals surface area contributed by atoms with Crippen molar-refractivity contribution in [3.05, 3.63) is 23.1 Å². The topological polar surface area (TPSA) is 62.6 Å². The second-order valence-electron chi connectivity index (χ2n) is 3.54. The van der Waals surface area contributed by atoms with Gasteiger partial charge in [0.25, 0.3) is 5.91 Å². The molecule has 1 aromatic heterocycles. The maximum Gasteiger partial charge on any atom is 0.256 e. The predicted octanol–water partition coefficient (Wildman–Crippen LogP) is 1.14. The number of nitrogens with one attached hydrogen (secondary N) is 1. The zero-order chi connectivity index (χ0) is 12.3. The van der Waals surface area contributed by atoms with Crippen LogP contribution in [0.25, 0.3) is 0 Å². The van der Waals surface area contributed by atoms with E-state index in [0.717, 1.165) is 0 Å². The Kier molecular flexibility index (Phi) is 3.95. The molecule has 2 amide bonds. The monoisotopic (exact) mass is 244 g/mol. The molecule has 0 aliphatic heterocycles. The second kappa shape index (κ2) is 5.03. The summed E-state index contributed by atoms with van der Waals surface area (Å²) in [6.07, 6.45) is 1.32. The molecular weight excluding hydrogens is 232 g/mol. The lowest BCUT2D eigenvalue weighted by Gasteiger charge is -2.17. The summed E-state index contributed by atoms with van der Waals surface area (Å²) >= 11 is 5.64. The van der Waals surface area contributed by atoms with Crippen molar-refractivity contribution >= 4 is 23.4 Å². The molecule has 0 aromatic carbocycles. The number of carbonyl (C=O) groups is 2. The highest BCUT2D eigenvalue weighted by Crippen LogP contribution is 2.16. The normalized spacial score (nSPS) is 12.0. The van der Waals surface area contributed by atoms with E-state index in [4.69, 9.17) is 16.0 Å². The van der Waals surface area contributed by atoms with Gasteiger partial charge in [0, 0.05) is 14.1 Å². The maximum atomic E-state index is 11.6. The number of hydrogen-bond acceptors (Lipinski definition) is 3. The van der Waals surface area contributed by atoms with Gasteiger partial charge >= 0.3 is 0 Å². The van der Waals surface area contributed by atoms with Crippen molar-refractivity contribution in [1.29, 1.82) is 0 Å². The summed E-state index contributed by atoms with van der Waals surface area (Å²) in [7, 11) is 3.24. The molecule has 6 heteroatoms. The zero-order valence-electron chi connectivity index (χ0n) is 9.28. The lowest BCUT2D eigenvalue weighted by Crippen LogP contribution is -2.44. The number of halogens is 1. The summed E-state index contributed by atoms with van der Waals surface area (Å²) in [5.41, 5.74) is 0.222. The van der Waals surface area contributed by atoms with Crippen molar-refractivity contribution in [2.45, 2.75) is 13.0 Å². The fourth-order valence-electron chi connectivity index (χ4n) is 1.18. The fraction of sp³-hybridized carbons (Fsp3) is 0.400. The van der Waals surface area contributed by atoms with Crippen LogP contribution in [0.5, 0.6) is 0 Å². The first-order valence-electron chi connectivity index (χ1n) is 4.68. The number of hydrogen-bond donors (Lipinski definition) is 1. The highest BCUT2D eigenvalue weighted by molar-refractivity contribution is 6.32. The van der Waals surface area contributed by atoms with E-state index in [1.165, 1.54) is 17.2 Å². The van der Waals surface area contributed by atoms with Crippen LogP contribution in [0.15, 0.2) is 16.7 Å². The molecule has 0 aliphatic rings. The first kappa shape index (κ1) is 12.6. The van der Waals surface area contributed by atoms with E-state index >= 15 is 0 Å². The molecule has 5 nitrogen and oxygen atoms in total. The largest absolute Gasteiger partial charge is 0.452 e. The molecule has 1 heterocycles. The van der Waals surface area contributed by atoms with Crippen molar-refractivity contribution in [1.82, 2.24) is 10.2 Å². The Morgan fingerprint density at radius 3 is 2.56 bits per heavy atom. The summed E-state index contributed by atoms with van der Waals surface area (Å²) in [5, 5.41) is 2.55. The average molecular weight is 245 g/mol. The van der Waals surface area contributed by atoms with E-state index < -0.39 is 11.9 Å². The lowest BCUT2D eigenvalue weighted by molar-refractivity contribution is -0.130. The van der Waals surface area contributed by atoms with Crippen LogP contribution in [-0.4, -0.2) is 36.9 Å². The van der Waals surface area contributed by atoms with Gasteiger partial charge in [0.2, 0.25) is 11.1 Å². The Morgan fingerprint density at radius 2 is 2.12 bits per heavy atom. The Balaban J connectivity index is 2.66. The van der Waals surface area contributed by atoms with Gasteiger partial charge in [-0.15, -0.1) is 0 Å². The van der Waals surface area contributed by atoms with Crippen LogP contribution in [0.3, 0.4) is 0 Å². The zero-order valence-corrected chi connectivity index (χ0v) is 10.0. The van der Waals surface area contributed by atoms with Crippen LogP contribution in [0.4, 0.5) is 0 Å². The van der Waals surface area contributed by atoms with Gasteiger partial charge in [0.15, 0.2) is 0 Å². The molecule has 1 atom stereocenters. The number of carbonyl (C=O) groups excluding carboxylic acids is 2. The van der Waals surface area contributed by atoms with E-state index in [2.05, 4.69) is 5.32 Å². The third kappa shape index (κ3) is 2.76. The summed E-state index contributed by atoms with van der Waals surface area (Å²) in [4.78, 5) is 24.5. The van der Waals surface area contributed by atoms with Crippen LogP contribution in [-0.2, 0) is 4.79 Å². The SMILES string of the molecule is CC(NC(=O)c1ccoc1Cl)C(=O)N(C)C. The van der Waals surface area contributed by atoms with Gasteiger partial charge in [-0.05, 0) is 24.6 Å². The third-order valence-electron chi connectivity index (χ3n) is 2.02. The molecule has 88 valence electrons. The Morgan fingerprint density at radius 1 is 1.50 bits per heavy atom. The molecule has 0 spiro atoms. The summed E-state index contributed by atoms with van der Waals surface area (Å²) < 4.78 is 4.78. The molecule has 0 saturated heterocycles. The number of likely N-dealkylation sites (N-methyl/N-ethyl adjacent to an activating group) is 1. The van der Waals surface area contributed by atoms with Gasteiger partial charge in [-0.2, -0.15) is 0 Å². The standard InChI is InChI=1S/C10H13ClN2O3/c1-6(10(15)13(2)3)12-9(14)7-4-5-16-8(7)11/h4-6H,1-3H3,(H,12,14). The van der Waals surface area contributed by atoms with Crippen LogP contribution >= 0.6 is 11.6 Å². The summed E-state index contributed by atoms with van der Waals surface area (Å²) in [6, 6.07) is 0.846. The minimum atomic E-state index is -0.603. The van der Waals surface area contributed by atoms with Crippen molar-refractivity contribution in [2.75, 3.05) is 14.1 Å². The van der Waals surface area contributed by atoms with Crippen molar-refractivity contribution < 1.29 is 14.0 Å². The van der Waals surface area contributed by atoms with Gasteiger partial charge in [-0.3, -0.25) is 9.59 Å². The lowest BCUT2D eigenvalue weighted by atomic mass is 10.2. The van der Waals surface area contributed by atoms with E-state index in [1.807, 2.05) is 0 Å². The van der Waals surface area contributed by atoms with Crippen LogP contribution in [0, 0.1) is 0 Å². The van der Waals surface area contributed by atoms with Gasteiger partial charge in [0.05, 0.1) is 11.8 Å². The van der Waals surface area contributed by atoms with Crippen LogP contribution in [0.2, 0.25) is 5.22 Å². The van der Waals surface area contributed by atoms with Crippen molar-refractivity contribution in [3.63, 3.8) is 0 Å². The molecule has 1 rings (SSSR count). The highest BCUT2D eigenvalue weighted by atomic mass is 35.5. The molecule has 1 unspecified atom stereocenters. The summed E-state index contributed by atoms with van der Waals surface area (Å²) in [5.74, 6) is -0.616. The van der Waals surface area contributed by atoms with Gasteiger partial charge in [-0.25, -0.2) is 0 Å². The number of nitrogens with zero attached hydrogens (tertiary/aromatic N) is 1. The van der Waals surface area contributed by atoms with E-state index in [1.54, 1.807) is 21.0 Å². The van der Waals surface area contributed by atoms with Gasteiger partial charge < -0.3 is 14.6 Å². The Labute approximate surface area is 98.4 Å². The quantitative estimate of drug-likeness (QED) is 0.867. The molecule has 0 saturated carbocycles. The van der Waals surface area contributed by atoms with E-state index in [9.17, 15) is 9.59 Å². The number of furan rings is 1. The minimum absolute atomic E-state index is 0.0157. The second-order valence-corrected chi connectivity index (χ2v) is 3.88. The smallest absolute Gasteiger partial charge is 0.256 e. The van der Waals surface area contributed by atoms with E-state index in [-0.39, 0.29) is 16.7 Å². The molecule has 1 N–H and O–H groups in total. The van der Waals surface area contributed by atoms with Crippen LogP contribution in [0.1, 0.15) is 17.3 Å². The Bertz CT molecular complexity index is 401. The summed E-state index contributed by atoms with van der Waals surface area (Å²) in [6.45, 7) is 1.61. The molecule has 16 heavy (non-hydrogen) atoms. The first-order valence-corrected chi connectivity index (χ1v) is 5.06. The highest BCUT2D eigenvalue weighted by Gasteiger charge is 2.20. The van der Waals surface area contributed by atoms with Crippen molar-refractivity contribution in [2.24, 2.45) is 0 Å². The molecule has 0 bridgehead atoms. The number of amides is 2. The van der Waals surface area contributed by atoms with Crippen LogP contribution < -0.4 is 5.32 Å². The maximum absolute atomic E-state index is 11.6. The molecular formula is C10H13ClN2O3. The molecule has 1 aromatic rings. The van der Waals surface area contributed by atoms with Crippen molar-refractivity contribution in [3.8, 4) is 0 Å². The average Bonchev–Trinajstić information content (AvgIpc) is 2.62. The Hall–Kier alpha value is -1.49. The fourth-order valence-corrected chi connectivity index (χ4v) is 1.38. The number of rotatable bonds is 3. The third-order valence-corrected chi connectivity index (χ3v) is 2.31. The van der Waals surface area contributed by atoms with Gasteiger partial charge in [0.1, 0.15) is 6.04 Å². The predicted molar refractivity (Wildman–Crippen MR) is 59.3 cm³/mol. The molecule has 0 radical (unpaired) electrons.